The molecule has 0 radical (unpaired) electrons. The van der Waals surface area contributed by atoms with E-state index in [9.17, 15) is 14.4 Å². The number of hydrogen-bond donors (Lipinski definition) is 2. The minimum absolute atomic E-state index is 0.107. The van der Waals surface area contributed by atoms with Gasteiger partial charge in [-0.3, -0.25) is 14.4 Å². The van der Waals surface area contributed by atoms with Crippen molar-refractivity contribution in [1.82, 2.24) is 10.2 Å². The van der Waals surface area contributed by atoms with Gasteiger partial charge in [-0.2, -0.15) is 0 Å². The van der Waals surface area contributed by atoms with E-state index >= 15 is 0 Å². The van der Waals surface area contributed by atoms with Gasteiger partial charge in [0.25, 0.3) is 0 Å². The van der Waals surface area contributed by atoms with Crippen molar-refractivity contribution in [2.24, 2.45) is 17.8 Å². The Kier molecular flexibility index (Phi) is 7.18. The highest BCUT2D eigenvalue weighted by molar-refractivity contribution is 6.02. The van der Waals surface area contributed by atoms with Crippen molar-refractivity contribution in [2.45, 2.75) is 95.9 Å². The van der Waals surface area contributed by atoms with Gasteiger partial charge >= 0.3 is 0 Å². The molecule has 1 aromatic carbocycles. The van der Waals surface area contributed by atoms with Crippen LogP contribution in [0.15, 0.2) is 36.4 Å². The molecule has 1 aromatic rings. The van der Waals surface area contributed by atoms with E-state index in [4.69, 9.17) is 4.74 Å². The number of rotatable bonds is 8. The smallest absolute Gasteiger partial charge is 0.246 e. The summed E-state index contributed by atoms with van der Waals surface area (Å²) in [5.41, 5.74) is 0.798. The molecule has 2 N–H and O–H groups in total. The summed E-state index contributed by atoms with van der Waals surface area (Å²) in [5, 5.41) is 6.29. The van der Waals surface area contributed by atoms with Crippen LogP contribution in [0.25, 0.3) is 0 Å². The second-order valence-electron chi connectivity index (χ2n) is 11.7. The van der Waals surface area contributed by atoms with Gasteiger partial charge < -0.3 is 20.3 Å². The highest BCUT2D eigenvalue weighted by Crippen LogP contribution is 2.55. The lowest BCUT2D eigenvalue weighted by Gasteiger charge is -2.36. The average Bonchev–Trinajstić information content (AvgIpc) is 3.51. The zero-order valence-electron chi connectivity index (χ0n) is 22.5. The maximum Gasteiger partial charge on any atom is 0.246 e. The monoisotopic (exact) mass is 507 g/mol. The van der Waals surface area contributed by atoms with Crippen LogP contribution in [-0.2, 0) is 19.1 Å². The molecule has 5 rings (SSSR count). The third kappa shape index (κ3) is 4.49. The normalized spacial score (nSPS) is 34.2. The first kappa shape index (κ1) is 26.0. The summed E-state index contributed by atoms with van der Waals surface area (Å²) in [6, 6.07) is 7.18. The average molecular weight is 508 g/mol. The van der Waals surface area contributed by atoms with Gasteiger partial charge in [-0.1, -0.05) is 71.2 Å². The molecule has 200 valence electrons. The van der Waals surface area contributed by atoms with Crippen LogP contribution in [0.5, 0.6) is 0 Å². The number of fused-ring (bicyclic) bond motifs is 1. The third-order valence-corrected chi connectivity index (χ3v) is 8.96. The zero-order chi connectivity index (χ0) is 26.3. The van der Waals surface area contributed by atoms with Crippen molar-refractivity contribution in [3.05, 3.63) is 42.0 Å². The Labute approximate surface area is 220 Å². The highest BCUT2D eigenvalue weighted by Gasteiger charge is 2.72. The van der Waals surface area contributed by atoms with Gasteiger partial charge in [0.15, 0.2) is 0 Å². The number of carbonyl (C=O) groups is 3. The fourth-order valence-corrected chi connectivity index (χ4v) is 6.81. The first-order valence-electron chi connectivity index (χ1n) is 14.2. The number of likely N-dealkylation sites (tertiary alicyclic amines) is 1. The van der Waals surface area contributed by atoms with Crippen LogP contribution in [0.3, 0.4) is 0 Å². The molecule has 3 fully saturated rings. The summed E-state index contributed by atoms with van der Waals surface area (Å²) >= 11 is 0. The van der Waals surface area contributed by atoms with E-state index in [1.54, 1.807) is 4.90 Å². The number of hydrogen-bond acceptors (Lipinski definition) is 4. The van der Waals surface area contributed by atoms with Gasteiger partial charge in [0.2, 0.25) is 17.7 Å². The quantitative estimate of drug-likeness (QED) is 0.511. The van der Waals surface area contributed by atoms with Gasteiger partial charge in [0.1, 0.15) is 11.6 Å². The Morgan fingerprint density at radius 2 is 1.86 bits per heavy atom. The molecule has 1 aliphatic carbocycles. The van der Waals surface area contributed by atoms with Crippen molar-refractivity contribution < 1.29 is 19.1 Å². The molecule has 0 aromatic heterocycles. The van der Waals surface area contributed by atoms with Crippen molar-refractivity contribution in [2.75, 3.05) is 11.9 Å². The lowest BCUT2D eigenvalue weighted by molar-refractivity contribution is -0.141. The SMILES string of the molecule is CCCCN1C(=O)[C@H]2C(C(=O)Nc3ccc(C(C)C)cc3)[C@H]3C=CC2(O3)C1C(=O)NC1CCCCC1C. The lowest BCUT2D eigenvalue weighted by Crippen LogP contribution is -2.57. The minimum Gasteiger partial charge on any atom is -0.359 e. The summed E-state index contributed by atoms with van der Waals surface area (Å²) in [7, 11) is 0. The molecule has 7 nitrogen and oxygen atoms in total. The van der Waals surface area contributed by atoms with Crippen LogP contribution in [-0.4, -0.2) is 53.0 Å². The third-order valence-electron chi connectivity index (χ3n) is 8.96. The predicted octanol–water partition coefficient (Wildman–Crippen LogP) is 4.39. The maximum absolute atomic E-state index is 13.9. The van der Waals surface area contributed by atoms with E-state index in [0.717, 1.165) is 32.1 Å². The summed E-state index contributed by atoms with van der Waals surface area (Å²) in [4.78, 5) is 43.0. The Hall–Kier alpha value is -2.67. The van der Waals surface area contributed by atoms with E-state index in [1.807, 2.05) is 36.4 Å². The first-order valence-corrected chi connectivity index (χ1v) is 14.2. The molecule has 37 heavy (non-hydrogen) atoms. The second kappa shape index (κ2) is 10.2. The number of ether oxygens (including phenoxy) is 1. The molecule has 1 saturated carbocycles. The molecule has 4 aliphatic rings. The summed E-state index contributed by atoms with van der Waals surface area (Å²) < 4.78 is 6.44. The molecule has 3 amide bonds. The predicted molar refractivity (Wildman–Crippen MR) is 143 cm³/mol. The van der Waals surface area contributed by atoms with E-state index in [0.29, 0.717) is 24.1 Å². The topological polar surface area (TPSA) is 87.7 Å². The number of unbranched alkanes of at least 4 members (excludes halogenated alkanes) is 1. The van der Waals surface area contributed by atoms with E-state index in [1.165, 1.54) is 12.0 Å². The van der Waals surface area contributed by atoms with Crippen LogP contribution in [0.2, 0.25) is 0 Å². The Balaban J connectivity index is 1.40. The van der Waals surface area contributed by atoms with Gasteiger partial charge in [0, 0.05) is 18.3 Å². The highest BCUT2D eigenvalue weighted by atomic mass is 16.5. The number of benzene rings is 1. The van der Waals surface area contributed by atoms with Gasteiger partial charge in [-0.15, -0.1) is 0 Å². The largest absolute Gasteiger partial charge is 0.359 e. The Morgan fingerprint density at radius 1 is 1.14 bits per heavy atom. The second-order valence-corrected chi connectivity index (χ2v) is 11.7. The minimum atomic E-state index is -1.10. The number of nitrogens with zero attached hydrogens (tertiary/aromatic N) is 1. The van der Waals surface area contributed by atoms with Gasteiger partial charge in [-0.05, 0) is 48.8 Å². The van der Waals surface area contributed by atoms with Crippen LogP contribution in [0.1, 0.15) is 77.7 Å². The lowest BCUT2D eigenvalue weighted by atomic mass is 9.74. The van der Waals surface area contributed by atoms with E-state index < -0.39 is 29.6 Å². The number of carbonyl (C=O) groups excluding carboxylic acids is 3. The molecular formula is C30H41N3O4. The van der Waals surface area contributed by atoms with Gasteiger partial charge in [0.05, 0.1) is 17.9 Å². The van der Waals surface area contributed by atoms with E-state index in [2.05, 4.69) is 38.3 Å². The van der Waals surface area contributed by atoms with Crippen LogP contribution >= 0.6 is 0 Å². The van der Waals surface area contributed by atoms with Gasteiger partial charge in [-0.25, -0.2) is 0 Å². The molecule has 7 atom stereocenters. The molecule has 1 spiro atoms. The van der Waals surface area contributed by atoms with Crippen LogP contribution in [0, 0.1) is 17.8 Å². The number of anilines is 1. The number of amides is 3. The Bertz CT molecular complexity index is 1070. The van der Waals surface area contributed by atoms with E-state index in [-0.39, 0.29) is 23.8 Å². The van der Waals surface area contributed by atoms with Crippen LogP contribution in [0.4, 0.5) is 5.69 Å². The maximum atomic E-state index is 13.9. The van der Waals surface area contributed by atoms with Crippen molar-refractivity contribution in [3.8, 4) is 0 Å². The van der Waals surface area contributed by atoms with Crippen molar-refractivity contribution in [3.63, 3.8) is 0 Å². The number of nitrogens with one attached hydrogen (secondary N) is 2. The molecule has 2 saturated heterocycles. The first-order chi connectivity index (χ1) is 17.8. The fraction of sp³-hybridized carbons (Fsp3) is 0.633. The molecule has 2 bridgehead atoms. The summed E-state index contributed by atoms with van der Waals surface area (Å²) in [6.07, 6.45) is 9.31. The van der Waals surface area contributed by atoms with Crippen molar-refractivity contribution in [1.29, 1.82) is 0 Å². The zero-order valence-corrected chi connectivity index (χ0v) is 22.5. The molecule has 5 unspecified atom stereocenters. The van der Waals surface area contributed by atoms with Crippen LogP contribution < -0.4 is 10.6 Å². The molecular weight excluding hydrogens is 466 g/mol. The molecule has 7 heteroatoms. The Morgan fingerprint density at radius 3 is 2.54 bits per heavy atom. The van der Waals surface area contributed by atoms with Crippen molar-refractivity contribution >= 4 is 23.4 Å². The standard InChI is InChI=1S/C30H41N3O4/c1-5-6-17-33-26(28(35)32-22-10-8-7-9-19(22)4)30-16-15-23(37-30)24(25(30)29(33)36)27(34)31-21-13-11-20(12-14-21)18(2)3/h11-16,18-19,22-26H,5-10,17H2,1-4H3,(H,31,34)(H,32,35)/t19?,22?,23-,24?,25-,26?,30?/m1/s1. The summed E-state index contributed by atoms with van der Waals surface area (Å²) in [5.74, 6) is -1.09. The fourth-order valence-electron chi connectivity index (χ4n) is 6.81. The summed E-state index contributed by atoms with van der Waals surface area (Å²) in [6.45, 7) is 9.00. The molecule has 3 aliphatic heterocycles. The molecule has 3 heterocycles.